The number of nitrogen functional groups attached to an aromatic ring is 1. The topological polar surface area (TPSA) is 95.6 Å². The van der Waals surface area contributed by atoms with Crippen LogP contribution in [0.1, 0.15) is 11.7 Å². The van der Waals surface area contributed by atoms with Gasteiger partial charge in [-0.3, -0.25) is 4.79 Å². The third-order valence-corrected chi connectivity index (χ3v) is 2.83. The van der Waals surface area contributed by atoms with Crippen LogP contribution in [-0.4, -0.2) is 34.1 Å². The zero-order valence-electron chi connectivity index (χ0n) is 9.14. The summed E-state index contributed by atoms with van der Waals surface area (Å²) in [7, 11) is 0. The highest BCUT2D eigenvalue weighted by atomic mass is 79.9. The molecule has 0 spiro atoms. The molecular weight excluding hydrogens is 288 g/mol. The Morgan fingerprint density at radius 1 is 1.41 bits per heavy atom. The zero-order chi connectivity index (χ0) is 12.8. The number of anilines is 1. The van der Waals surface area contributed by atoms with E-state index in [4.69, 9.17) is 10.8 Å². The summed E-state index contributed by atoms with van der Waals surface area (Å²) in [4.78, 5) is 11.2. The van der Waals surface area contributed by atoms with Gasteiger partial charge >= 0.3 is 0 Å². The molecule has 0 aliphatic heterocycles. The molecule has 1 aromatic rings. The Morgan fingerprint density at radius 2 is 2.00 bits per heavy atom. The largest absolute Gasteiger partial charge is 0.399 e. The number of hydrogen-bond donors (Lipinski definition) is 4. The van der Waals surface area contributed by atoms with Crippen molar-refractivity contribution in [1.82, 2.24) is 5.32 Å². The number of benzene rings is 1. The number of rotatable bonds is 5. The lowest BCUT2D eigenvalue weighted by molar-refractivity contribution is -0.120. The fourth-order valence-electron chi connectivity index (χ4n) is 1.40. The third kappa shape index (κ3) is 3.99. The maximum atomic E-state index is 11.2. The second-order valence-corrected chi connectivity index (χ2v) is 4.16. The fraction of sp³-hybridized carbons (Fsp3) is 0.364. The molecular formula is C11H15BrN2O3. The maximum Gasteiger partial charge on any atom is 0.231 e. The van der Waals surface area contributed by atoms with Crippen LogP contribution < -0.4 is 11.1 Å². The standard InChI is InChI=1S/C11H15BrN2O3/c12-5-10(16)14-9(6-15)11(17)7-1-3-8(13)4-2-7/h1-4,9,11,15,17H,5-6,13H2,(H,14,16). The summed E-state index contributed by atoms with van der Waals surface area (Å²) in [5.41, 5.74) is 6.71. The van der Waals surface area contributed by atoms with Crippen molar-refractivity contribution in [2.75, 3.05) is 17.7 Å². The smallest absolute Gasteiger partial charge is 0.231 e. The van der Waals surface area contributed by atoms with E-state index in [9.17, 15) is 9.90 Å². The normalized spacial score (nSPS) is 14.1. The first-order chi connectivity index (χ1) is 8.08. The van der Waals surface area contributed by atoms with E-state index < -0.39 is 12.1 Å². The van der Waals surface area contributed by atoms with Gasteiger partial charge in [-0.25, -0.2) is 0 Å². The molecule has 17 heavy (non-hydrogen) atoms. The highest BCUT2D eigenvalue weighted by molar-refractivity contribution is 9.09. The van der Waals surface area contributed by atoms with E-state index >= 15 is 0 Å². The summed E-state index contributed by atoms with van der Waals surface area (Å²) < 4.78 is 0. The third-order valence-electron chi connectivity index (χ3n) is 2.32. The van der Waals surface area contributed by atoms with Crippen molar-refractivity contribution in [1.29, 1.82) is 0 Å². The van der Waals surface area contributed by atoms with Crippen molar-refractivity contribution in [2.45, 2.75) is 12.1 Å². The lowest BCUT2D eigenvalue weighted by Crippen LogP contribution is -2.42. The second-order valence-electron chi connectivity index (χ2n) is 3.60. The lowest BCUT2D eigenvalue weighted by atomic mass is 10.0. The Morgan fingerprint density at radius 3 is 2.47 bits per heavy atom. The van der Waals surface area contributed by atoms with Crippen molar-refractivity contribution in [2.24, 2.45) is 0 Å². The van der Waals surface area contributed by atoms with Gasteiger partial charge in [-0.1, -0.05) is 28.1 Å². The van der Waals surface area contributed by atoms with Crippen LogP contribution in [0.15, 0.2) is 24.3 Å². The maximum absolute atomic E-state index is 11.2. The van der Waals surface area contributed by atoms with Gasteiger partial charge in [-0.05, 0) is 17.7 Å². The average molecular weight is 303 g/mol. The molecule has 5 nitrogen and oxygen atoms in total. The van der Waals surface area contributed by atoms with Crippen LogP contribution in [0, 0.1) is 0 Å². The highest BCUT2D eigenvalue weighted by Crippen LogP contribution is 2.18. The van der Waals surface area contributed by atoms with Crippen LogP contribution in [0.3, 0.4) is 0 Å². The lowest BCUT2D eigenvalue weighted by Gasteiger charge is -2.22. The molecule has 0 fully saturated rings. The van der Waals surface area contributed by atoms with Gasteiger partial charge in [0.2, 0.25) is 5.91 Å². The molecule has 0 radical (unpaired) electrons. The average Bonchev–Trinajstić information content (AvgIpc) is 2.35. The number of nitrogens with two attached hydrogens (primary N) is 1. The van der Waals surface area contributed by atoms with Gasteiger partial charge in [0.25, 0.3) is 0 Å². The minimum absolute atomic E-state index is 0.123. The van der Waals surface area contributed by atoms with Gasteiger partial charge < -0.3 is 21.3 Å². The predicted octanol–water partition coefficient (Wildman–Crippen LogP) is 0.174. The molecule has 1 amide bonds. The number of alkyl halides is 1. The molecule has 1 aromatic carbocycles. The summed E-state index contributed by atoms with van der Waals surface area (Å²) in [5, 5.41) is 21.8. The fourth-order valence-corrected chi connectivity index (χ4v) is 1.56. The summed E-state index contributed by atoms with van der Waals surface area (Å²) in [6.07, 6.45) is -0.969. The van der Waals surface area contributed by atoms with Crippen LogP contribution in [0.4, 0.5) is 5.69 Å². The van der Waals surface area contributed by atoms with Gasteiger partial charge in [0, 0.05) is 5.69 Å². The monoisotopic (exact) mass is 302 g/mol. The molecule has 0 saturated carbocycles. The van der Waals surface area contributed by atoms with Gasteiger partial charge in [-0.2, -0.15) is 0 Å². The van der Waals surface area contributed by atoms with E-state index in [1.54, 1.807) is 24.3 Å². The molecule has 0 bridgehead atoms. The summed E-state index contributed by atoms with van der Waals surface area (Å²) in [6, 6.07) is 5.88. The molecule has 0 aromatic heterocycles. The Bertz CT molecular complexity index is 369. The minimum atomic E-state index is -0.969. The van der Waals surface area contributed by atoms with Gasteiger partial charge in [0.15, 0.2) is 0 Å². The zero-order valence-corrected chi connectivity index (χ0v) is 10.7. The van der Waals surface area contributed by atoms with E-state index in [1.165, 1.54) is 0 Å². The number of halogens is 1. The van der Waals surface area contributed by atoms with E-state index in [2.05, 4.69) is 21.2 Å². The van der Waals surface area contributed by atoms with Crippen LogP contribution in [0.2, 0.25) is 0 Å². The Hall–Kier alpha value is -1.11. The summed E-state index contributed by atoms with van der Waals surface area (Å²) in [5.74, 6) is -0.293. The van der Waals surface area contributed by atoms with E-state index in [0.717, 1.165) is 0 Å². The van der Waals surface area contributed by atoms with Crippen LogP contribution in [-0.2, 0) is 4.79 Å². The van der Waals surface area contributed by atoms with Crippen molar-refractivity contribution < 1.29 is 15.0 Å². The first-order valence-corrected chi connectivity index (χ1v) is 6.20. The molecule has 6 heteroatoms. The number of carbonyl (C=O) groups is 1. The molecule has 2 atom stereocenters. The van der Waals surface area contributed by atoms with E-state index in [0.29, 0.717) is 11.3 Å². The number of aliphatic hydroxyl groups is 2. The van der Waals surface area contributed by atoms with E-state index in [1.807, 2.05) is 0 Å². The molecule has 0 aliphatic carbocycles. The van der Waals surface area contributed by atoms with Gasteiger partial charge in [0.05, 0.1) is 18.0 Å². The van der Waals surface area contributed by atoms with Crippen LogP contribution in [0.5, 0.6) is 0 Å². The molecule has 5 N–H and O–H groups in total. The summed E-state index contributed by atoms with van der Waals surface area (Å²) in [6.45, 7) is -0.343. The first kappa shape index (κ1) is 14.0. The molecule has 0 aliphatic rings. The van der Waals surface area contributed by atoms with Crippen LogP contribution >= 0.6 is 15.9 Å². The number of aliphatic hydroxyl groups excluding tert-OH is 2. The SMILES string of the molecule is Nc1ccc(C(O)C(CO)NC(=O)CBr)cc1. The Kier molecular flexibility index (Phi) is 5.40. The van der Waals surface area contributed by atoms with Crippen molar-refractivity contribution >= 4 is 27.5 Å². The number of amides is 1. The Labute approximate surface area is 108 Å². The number of hydrogen-bond acceptors (Lipinski definition) is 4. The molecule has 94 valence electrons. The molecule has 0 saturated heterocycles. The van der Waals surface area contributed by atoms with Gasteiger partial charge in [-0.15, -0.1) is 0 Å². The quantitative estimate of drug-likeness (QED) is 0.461. The second kappa shape index (κ2) is 6.58. The van der Waals surface area contributed by atoms with Crippen molar-refractivity contribution in [3.05, 3.63) is 29.8 Å². The number of carbonyl (C=O) groups excluding carboxylic acids is 1. The van der Waals surface area contributed by atoms with Gasteiger partial charge in [0.1, 0.15) is 6.10 Å². The predicted molar refractivity (Wildman–Crippen MR) is 68.6 cm³/mol. The summed E-state index contributed by atoms with van der Waals surface area (Å²) >= 11 is 3.00. The van der Waals surface area contributed by atoms with Crippen molar-refractivity contribution in [3.8, 4) is 0 Å². The molecule has 1 rings (SSSR count). The minimum Gasteiger partial charge on any atom is -0.399 e. The molecule has 2 unspecified atom stereocenters. The Balaban J connectivity index is 2.74. The number of nitrogens with one attached hydrogen (secondary N) is 1. The first-order valence-electron chi connectivity index (χ1n) is 5.08. The van der Waals surface area contributed by atoms with Crippen LogP contribution in [0.25, 0.3) is 0 Å². The molecule has 0 heterocycles. The van der Waals surface area contributed by atoms with Crippen molar-refractivity contribution in [3.63, 3.8) is 0 Å². The van der Waals surface area contributed by atoms with E-state index in [-0.39, 0.29) is 17.8 Å². The highest BCUT2D eigenvalue weighted by Gasteiger charge is 2.21.